The Kier molecular flexibility index (Phi) is 4.53. The molecule has 0 spiro atoms. The molecule has 3 nitrogen and oxygen atoms in total. The number of carbonyl (C=O) groups excluding carboxylic acids is 1. The van der Waals surface area contributed by atoms with Crippen molar-refractivity contribution in [1.82, 2.24) is 0 Å². The first-order chi connectivity index (χ1) is 9.56. The van der Waals surface area contributed by atoms with E-state index >= 15 is 0 Å². The van der Waals surface area contributed by atoms with Crippen molar-refractivity contribution in [2.45, 2.75) is 26.3 Å². The lowest BCUT2D eigenvalue weighted by molar-refractivity contribution is -0.115. The number of benzene rings is 2. The average molecular weight is 268 g/mol. The first kappa shape index (κ1) is 14.3. The first-order valence-corrected chi connectivity index (χ1v) is 6.76. The molecule has 0 bridgehead atoms. The Labute approximate surface area is 119 Å². The highest BCUT2D eigenvalue weighted by molar-refractivity contribution is 5.92. The van der Waals surface area contributed by atoms with Gasteiger partial charge in [0.15, 0.2) is 0 Å². The van der Waals surface area contributed by atoms with Crippen molar-refractivity contribution in [3.05, 3.63) is 65.2 Å². The van der Waals surface area contributed by atoms with Crippen LogP contribution in [-0.4, -0.2) is 5.91 Å². The van der Waals surface area contributed by atoms with Gasteiger partial charge >= 0.3 is 0 Å². The minimum absolute atomic E-state index is 0.00622. The summed E-state index contributed by atoms with van der Waals surface area (Å²) in [5.74, 6) is -0.00662. The lowest BCUT2D eigenvalue weighted by Crippen LogP contribution is -2.15. The summed E-state index contributed by atoms with van der Waals surface area (Å²) in [4.78, 5) is 12.0. The zero-order chi connectivity index (χ0) is 14.5. The molecule has 3 N–H and O–H groups in total. The number of rotatable bonds is 4. The highest BCUT2D eigenvalue weighted by Gasteiger charge is 2.06. The zero-order valence-corrected chi connectivity index (χ0v) is 11.9. The lowest BCUT2D eigenvalue weighted by atomic mass is 10.1. The van der Waals surface area contributed by atoms with E-state index < -0.39 is 0 Å². The van der Waals surface area contributed by atoms with Crippen molar-refractivity contribution >= 4 is 11.6 Å². The number of nitrogens with one attached hydrogen (secondary N) is 1. The summed E-state index contributed by atoms with van der Waals surface area (Å²) in [6, 6.07) is 15.6. The van der Waals surface area contributed by atoms with E-state index in [0.29, 0.717) is 6.42 Å². The largest absolute Gasteiger partial charge is 0.326 e. The fourth-order valence-electron chi connectivity index (χ4n) is 2.06. The molecule has 1 unspecified atom stereocenters. The van der Waals surface area contributed by atoms with Crippen LogP contribution in [0.1, 0.15) is 29.7 Å². The molecule has 0 heterocycles. The predicted molar refractivity (Wildman–Crippen MR) is 82.6 cm³/mol. The Bertz CT molecular complexity index is 588. The number of hydrogen-bond donors (Lipinski definition) is 2. The maximum absolute atomic E-state index is 12.0. The second kappa shape index (κ2) is 6.35. The van der Waals surface area contributed by atoms with Crippen LogP contribution in [-0.2, 0) is 11.2 Å². The molecule has 20 heavy (non-hydrogen) atoms. The van der Waals surface area contributed by atoms with E-state index in [4.69, 9.17) is 5.73 Å². The summed E-state index contributed by atoms with van der Waals surface area (Å²) in [6.07, 6.45) is 0.391. The smallest absolute Gasteiger partial charge is 0.228 e. The van der Waals surface area contributed by atoms with Crippen molar-refractivity contribution in [2.24, 2.45) is 5.73 Å². The third-order valence-corrected chi connectivity index (χ3v) is 3.33. The van der Waals surface area contributed by atoms with Crippen LogP contribution >= 0.6 is 0 Å². The van der Waals surface area contributed by atoms with Crippen molar-refractivity contribution in [1.29, 1.82) is 0 Å². The zero-order valence-electron chi connectivity index (χ0n) is 11.9. The number of anilines is 1. The Morgan fingerprint density at radius 2 is 1.80 bits per heavy atom. The molecule has 104 valence electrons. The van der Waals surface area contributed by atoms with Crippen LogP contribution in [0, 0.1) is 6.92 Å². The molecule has 2 rings (SSSR count). The van der Waals surface area contributed by atoms with Gasteiger partial charge in [0.1, 0.15) is 0 Å². The number of nitrogens with two attached hydrogens (primary N) is 1. The van der Waals surface area contributed by atoms with Gasteiger partial charge in [-0.05, 0) is 42.7 Å². The minimum Gasteiger partial charge on any atom is -0.326 e. The minimum atomic E-state index is -0.00662. The van der Waals surface area contributed by atoms with Gasteiger partial charge in [0.05, 0.1) is 6.42 Å². The van der Waals surface area contributed by atoms with Gasteiger partial charge in [0, 0.05) is 11.7 Å². The molecule has 0 aromatic heterocycles. The average Bonchev–Trinajstić information content (AvgIpc) is 2.42. The monoisotopic (exact) mass is 268 g/mol. The van der Waals surface area contributed by atoms with E-state index in [1.54, 1.807) is 0 Å². The van der Waals surface area contributed by atoms with Crippen molar-refractivity contribution in [2.75, 3.05) is 5.32 Å². The number of aryl methyl sites for hydroxylation is 1. The van der Waals surface area contributed by atoms with E-state index in [9.17, 15) is 4.79 Å². The standard InChI is InChI=1S/C17H20N2O/c1-12-5-3-4-6-15(12)11-17(20)19-16-9-7-14(8-10-16)13(2)18/h3-10,13H,11,18H2,1-2H3,(H,19,20). The third-order valence-electron chi connectivity index (χ3n) is 3.33. The van der Waals surface area contributed by atoms with Gasteiger partial charge in [-0.25, -0.2) is 0 Å². The Morgan fingerprint density at radius 3 is 2.40 bits per heavy atom. The van der Waals surface area contributed by atoms with Crippen LogP contribution in [0.2, 0.25) is 0 Å². The van der Waals surface area contributed by atoms with Crippen molar-refractivity contribution in [3.8, 4) is 0 Å². The summed E-state index contributed by atoms with van der Waals surface area (Å²) in [5.41, 5.74) is 9.84. The van der Waals surface area contributed by atoms with E-state index in [2.05, 4.69) is 5.32 Å². The van der Waals surface area contributed by atoms with Gasteiger partial charge in [-0.3, -0.25) is 4.79 Å². The van der Waals surface area contributed by atoms with Crippen LogP contribution in [0.15, 0.2) is 48.5 Å². The second-order valence-electron chi connectivity index (χ2n) is 5.06. The van der Waals surface area contributed by atoms with Crippen molar-refractivity contribution < 1.29 is 4.79 Å². The molecule has 0 fully saturated rings. The number of amides is 1. The topological polar surface area (TPSA) is 55.1 Å². The van der Waals surface area contributed by atoms with Gasteiger partial charge < -0.3 is 11.1 Å². The van der Waals surface area contributed by atoms with E-state index in [1.807, 2.05) is 62.4 Å². The molecular formula is C17H20N2O. The molecule has 2 aromatic rings. The summed E-state index contributed by atoms with van der Waals surface area (Å²) in [7, 11) is 0. The van der Waals surface area contributed by atoms with Crippen LogP contribution in [0.25, 0.3) is 0 Å². The molecule has 0 saturated carbocycles. The van der Waals surface area contributed by atoms with Crippen LogP contribution in [0.5, 0.6) is 0 Å². The molecule has 0 radical (unpaired) electrons. The van der Waals surface area contributed by atoms with Gasteiger partial charge in [-0.15, -0.1) is 0 Å². The molecule has 0 saturated heterocycles. The van der Waals surface area contributed by atoms with E-state index in [-0.39, 0.29) is 11.9 Å². The Balaban J connectivity index is 1.99. The molecule has 0 aliphatic rings. The molecule has 1 amide bonds. The molecule has 3 heteroatoms. The SMILES string of the molecule is Cc1ccccc1CC(=O)Nc1ccc(C(C)N)cc1. The predicted octanol–water partition coefficient (Wildman–Crippen LogP) is 3.20. The lowest BCUT2D eigenvalue weighted by Gasteiger charge is -2.09. The van der Waals surface area contributed by atoms with Crippen LogP contribution in [0.4, 0.5) is 5.69 Å². The number of carbonyl (C=O) groups is 1. The fourth-order valence-corrected chi connectivity index (χ4v) is 2.06. The quantitative estimate of drug-likeness (QED) is 0.894. The molecular weight excluding hydrogens is 248 g/mol. The highest BCUT2D eigenvalue weighted by Crippen LogP contribution is 2.15. The Hall–Kier alpha value is -2.13. The third kappa shape index (κ3) is 3.68. The summed E-state index contributed by atoms with van der Waals surface area (Å²) in [6.45, 7) is 3.95. The van der Waals surface area contributed by atoms with Crippen molar-refractivity contribution in [3.63, 3.8) is 0 Å². The summed E-state index contributed by atoms with van der Waals surface area (Å²) in [5, 5.41) is 2.90. The Morgan fingerprint density at radius 1 is 1.15 bits per heavy atom. The van der Waals surface area contributed by atoms with E-state index in [0.717, 1.165) is 22.4 Å². The summed E-state index contributed by atoms with van der Waals surface area (Å²) >= 11 is 0. The van der Waals surface area contributed by atoms with Crippen LogP contribution < -0.4 is 11.1 Å². The molecule has 0 aliphatic carbocycles. The molecule has 2 aromatic carbocycles. The second-order valence-corrected chi connectivity index (χ2v) is 5.06. The van der Waals surface area contributed by atoms with Gasteiger partial charge in [-0.1, -0.05) is 36.4 Å². The molecule has 1 atom stereocenters. The van der Waals surface area contributed by atoms with Gasteiger partial charge in [0.2, 0.25) is 5.91 Å². The summed E-state index contributed by atoms with van der Waals surface area (Å²) < 4.78 is 0. The highest BCUT2D eigenvalue weighted by atomic mass is 16.1. The van der Waals surface area contributed by atoms with Gasteiger partial charge in [-0.2, -0.15) is 0 Å². The van der Waals surface area contributed by atoms with Gasteiger partial charge in [0.25, 0.3) is 0 Å². The molecule has 0 aliphatic heterocycles. The number of hydrogen-bond acceptors (Lipinski definition) is 2. The van der Waals surface area contributed by atoms with E-state index in [1.165, 1.54) is 0 Å². The normalized spacial score (nSPS) is 11.9. The van der Waals surface area contributed by atoms with Crippen LogP contribution in [0.3, 0.4) is 0 Å². The maximum atomic E-state index is 12.0. The maximum Gasteiger partial charge on any atom is 0.228 e. The fraction of sp³-hybridized carbons (Fsp3) is 0.235. The first-order valence-electron chi connectivity index (χ1n) is 6.76.